The van der Waals surface area contributed by atoms with Gasteiger partial charge in [0.15, 0.2) is 0 Å². The summed E-state index contributed by atoms with van der Waals surface area (Å²) in [5, 5.41) is 20.7. The lowest BCUT2D eigenvalue weighted by Gasteiger charge is -2.22. The van der Waals surface area contributed by atoms with E-state index < -0.39 is 41.7 Å². The Kier molecular flexibility index (Phi) is 15.2. The number of carbonyl (C=O) groups excluding carboxylic acids is 4. The number of rotatable bonds is 19. The Hall–Kier alpha value is -5.39. The van der Waals surface area contributed by atoms with Gasteiger partial charge in [-0.2, -0.15) is 0 Å². The summed E-state index contributed by atoms with van der Waals surface area (Å²) in [5.74, 6) is -2.16. The first-order valence-corrected chi connectivity index (χ1v) is 18.3. The van der Waals surface area contributed by atoms with Gasteiger partial charge in [-0.1, -0.05) is 85.3 Å². The highest BCUT2D eigenvalue weighted by molar-refractivity contribution is 5.90. The number of carbonyl (C=O) groups is 5. The number of nitrogens with one attached hydrogen (secondary N) is 4. The van der Waals surface area contributed by atoms with E-state index in [9.17, 15) is 29.1 Å². The molecule has 0 aliphatic heterocycles. The average Bonchev–Trinajstić information content (AvgIpc) is 3.44. The second kappa shape index (κ2) is 20.0. The van der Waals surface area contributed by atoms with Gasteiger partial charge in [-0.3, -0.25) is 9.59 Å². The molecule has 284 valence electrons. The zero-order valence-electron chi connectivity index (χ0n) is 30.8. The number of hydrogen-bond donors (Lipinski definition) is 5. The third-order valence-corrected chi connectivity index (χ3v) is 8.83. The number of carboxylic acids is 1. The van der Waals surface area contributed by atoms with Gasteiger partial charge < -0.3 is 35.8 Å². The molecular weight excluding hydrogens is 676 g/mol. The molecule has 0 saturated carbocycles. The minimum absolute atomic E-state index is 0.0524. The highest BCUT2D eigenvalue weighted by Crippen LogP contribution is 2.44. The van der Waals surface area contributed by atoms with Crippen molar-refractivity contribution in [2.24, 2.45) is 0 Å². The second-order valence-electron chi connectivity index (χ2n) is 14.2. The van der Waals surface area contributed by atoms with Gasteiger partial charge >= 0.3 is 18.2 Å². The number of aliphatic carboxylic acids is 1. The molecule has 5 N–H and O–H groups in total. The van der Waals surface area contributed by atoms with Gasteiger partial charge in [0.25, 0.3) is 0 Å². The zero-order chi connectivity index (χ0) is 38.2. The van der Waals surface area contributed by atoms with Crippen molar-refractivity contribution in [2.75, 3.05) is 19.7 Å². The molecule has 0 aromatic heterocycles. The summed E-state index contributed by atoms with van der Waals surface area (Å²) in [6.07, 6.45) is 2.22. The van der Waals surface area contributed by atoms with Gasteiger partial charge in [-0.05, 0) is 80.7 Å². The molecular formula is C41H52N4O8. The van der Waals surface area contributed by atoms with Crippen LogP contribution in [0.5, 0.6) is 0 Å². The number of amides is 4. The Bertz CT molecular complexity index is 1640. The SMILES string of the molecule is CC(C)(C)OC(=O)NCCCCCC(=O)N[C@@H](Cc1ccccc1)C(=O)NC(CCCCNC(=O)OCC1c2ccccc2-c2ccccc21)C(=O)O. The predicted octanol–water partition coefficient (Wildman–Crippen LogP) is 6.08. The van der Waals surface area contributed by atoms with Gasteiger partial charge in [-0.15, -0.1) is 0 Å². The maximum absolute atomic E-state index is 13.4. The van der Waals surface area contributed by atoms with E-state index in [-0.39, 0.29) is 44.2 Å². The normalized spacial score (nSPS) is 13.1. The summed E-state index contributed by atoms with van der Waals surface area (Å²) in [4.78, 5) is 62.7. The van der Waals surface area contributed by atoms with E-state index in [1.807, 2.05) is 54.6 Å². The number of fused-ring (bicyclic) bond motifs is 3. The third-order valence-electron chi connectivity index (χ3n) is 8.83. The van der Waals surface area contributed by atoms with Crippen LogP contribution in [0, 0.1) is 0 Å². The van der Waals surface area contributed by atoms with E-state index >= 15 is 0 Å². The highest BCUT2D eigenvalue weighted by atomic mass is 16.6. The fraction of sp³-hybridized carbons (Fsp3) is 0.439. The van der Waals surface area contributed by atoms with Gasteiger partial charge in [0.05, 0.1) is 0 Å². The van der Waals surface area contributed by atoms with Gasteiger partial charge in [0.1, 0.15) is 24.3 Å². The standard InChI is InChI=1S/C41H52N4O8/c1-41(2,3)53-40(51)43-24-14-5-8-23-36(46)44-35(26-28-16-6-4-7-17-28)37(47)45-34(38(48)49)22-13-15-25-42-39(50)52-27-33-31-20-11-9-18-29(31)30-19-10-12-21-32(30)33/h4,6-7,9-12,16-21,33-35H,5,8,13-15,22-27H2,1-3H3,(H,42,50)(H,43,51)(H,44,46)(H,45,47)(H,48,49)/t34?,35-/m0/s1. The van der Waals surface area contributed by atoms with Crippen LogP contribution in [0.2, 0.25) is 0 Å². The first-order chi connectivity index (χ1) is 25.4. The van der Waals surface area contributed by atoms with E-state index in [1.54, 1.807) is 20.8 Å². The quantitative estimate of drug-likeness (QED) is 0.0925. The van der Waals surface area contributed by atoms with Crippen molar-refractivity contribution in [3.05, 3.63) is 95.6 Å². The molecule has 4 rings (SSSR count). The van der Waals surface area contributed by atoms with E-state index in [4.69, 9.17) is 9.47 Å². The molecule has 0 bridgehead atoms. The molecule has 4 amide bonds. The minimum Gasteiger partial charge on any atom is -0.480 e. The first kappa shape index (κ1) is 40.4. The van der Waals surface area contributed by atoms with Crippen molar-refractivity contribution in [1.29, 1.82) is 0 Å². The molecule has 3 aromatic rings. The number of hydrogen-bond acceptors (Lipinski definition) is 7. The molecule has 2 atom stereocenters. The maximum Gasteiger partial charge on any atom is 0.407 e. The predicted molar refractivity (Wildman–Crippen MR) is 201 cm³/mol. The van der Waals surface area contributed by atoms with Gasteiger partial charge in [-0.25, -0.2) is 14.4 Å². The van der Waals surface area contributed by atoms with Crippen molar-refractivity contribution in [3.8, 4) is 11.1 Å². The molecule has 3 aromatic carbocycles. The van der Waals surface area contributed by atoms with Crippen LogP contribution >= 0.6 is 0 Å². The number of carboxylic acid groups (broad SMARTS) is 1. The Balaban J connectivity index is 1.18. The van der Waals surface area contributed by atoms with Crippen LogP contribution in [0.25, 0.3) is 11.1 Å². The number of benzene rings is 3. The smallest absolute Gasteiger partial charge is 0.407 e. The molecule has 0 spiro atoms. The van der Waals surface area contributed by atoms with E-state index in [0.717, 1.165) is 27.8 Å². The molecule has 0 fully saturated rings. The topological polar surface area (TPSA) is 172 Å². The molecule has 0 radical (unpaired) electrons. The molecule has 1 aliphatic rings. The van der Waals surface area contributed by atoms with Crippen LogP contribution in [0.1, 0.15) is 88.3 Å². The van der Waals surface area contributed by atoms with Crippen molar-refractivity contribution < 1.29 is 38.6 Å². The van der Waals surface area contributed by atoms with Crippen LogP contribution in [-0.4, -0.2) is 72.5 Å². The number of unbranched alkanes of at least 4 members (excludes halogenated alkanes) is 3. The monoisotopic (exact) mass is 728 g/mol. The zero-order valence-corrected chi connectivity index (χ0v) is 30.8. The molecule has 0 saturated heterocycles. The third kappa shape index (κ3) is 13.3. The van der Waals surface area contributed by atoms with Crippen molar-refractivity contribution in [3.63, 3.8) is 0 Å². The van der Waals surface area contributed by atoms with Crippen molar-refractivity contribution >= 4 is 30.0 Å². The van der Waals surface area contributed by atoms with Crippen molar-refractivity contribution in [2.45, 2.75) is 95.7 Å². The molecule has 0 heterocycles. The lowest BCUT2D eigenvalue weighted by molar-refractivity contribution is -0.142. The summed E-state index contributed by atoms with van der Waals surface area (Å²) < 4.78 is 10.8. The second-order valence-corrected chi connectivity index (χ2v) is 14.2. The van der Waals surface area contributed by atoms with Crippen LogP contribution in [0.15, 0.2) is 78.9 Å². The van der Waals surface area contributed by atoms with Crippen LogP contribution in [0.3, 0.4) is 0 Å². The lowest BCUT2D eigenvalue weighted by Crippen LogP contribution is -2.52. The van der Waals surface area contributed by atoms with E-state index in [1.165, 1.54) is 0 Å². The summed E-state index contributed by atoms with van der Waals surface area (Å²) in [6.45, 7) is 6.25. The fourth-order valence-electron chi connectivity index (χ4n) is 6.26. The molecule has 1 unspecified atom stereocenters. The maximum atomic E-state index is 13.4. The van der Waals surface area contributed by atoms with E-state index in [2.05, 4.69) is 45.5 Å². The van der Waals surface area contributed by atoms with Gasteiger partial charge in [0, 0.05) is 31.8 Å². The summed E-state index contributed by atoms with van der Waals surface area (Å²) in [6, 6.07) is 23.2. The Labute approximate surface area is 311 Å². The summed E-state index contributed by atoms with van der Waals surface area (Å²) >= 11 is 0. The molecule has 53 heavy (non-hydrogen) atoms. The van der Waals surface area contributed by atoms with E-state index in [0.29, 0.717) is 38.6 Å². The first-order valence-electron chi connectivity index (χ1n) is 18.3. The number of alkyl carbamates (subject to hydrolysis) is 2. The molecule has 12 heteroatoms. The fourth-order valence-corrected chi connectivity index (χ4v) is 6.26. The van der Waals surface area contributed by atoms with Crippen LogP contribution in [0.4, 0.5) is 9.59 Å². The van der Waals surface area contributed by atoms with Crippen LogP contribution in [-0.2, 0) is 30.3 Å². The van der Waals surface area contributed by atoms with Crippen molar-refractivity contribution in [1.82, 2.24) is 21.3 Å². The summed E-state index contributed by atoms with van der Waals surface area (Å²) in [5.41, 5.74) is 4.76. The van der Waals surface area contributed by atoms with Crippen LogP contribution < -0.4 is 21.3 Å². The Morgan fingerprint density at radius 2 is 1.28 bits per heavy atom. The van der Waals surface area contributed by atoms with Gasteiger partial charge in [0.2, 0.25) is 11.8 Å². The lowest BCUT2D eigenvalue weighted by atomic mass is 9.98. The summed E-state index contributed by atoms with van der Waals surface area (Å²) in [7, 11) is 0. The highest BCUT2D eigenvalue weighted by Gasteiger charge is 2.29. The Morgan fingerprint density at radius 1 is 0.698 bits per heavy atom. The molecule has 12 nitrogen and oxygen atoms in total. The minimum atomic E-state index is -1.19. The average molecular weight is 729 g/mol. The largest absolute Gasteiger partial charge is 0.480 e. The Morgan fingerprint density at radius 3 is 1.91 bits per heavy atom. The number of ether oxygens (including phenoxy) is 2. The molecule has 1 aliphatic carbocycles.